The second-order valence-electron chi connectivity index (χ2n) is 6.16. The molecule has 0 aliphatic rings. The summed E-state index contributed by atoms with van der Waals surface area (Å²) < 4.78 is 10.4. The molecule has 0 fully saturated rings. The van der Waals surface area contributed by atoms with Crippen molar-refractivity contribution in [2.75, 3.05) is 7.11 Å². The number of ether oxygens (including phenoxy) is 2. The fraction of sp³-hybridized carbons (Fsp3) is 0.0400. The van der Waals surface area contributed by atoms with E-state index in [2.05, 4.69) is 0 Å². The number of ketones is 1. The van der Waals surface area contributed by atoms with Gasteiger partial charge < -0.3 is 9.47 Å². The Kier molecular flexibility index (Phi) is 6.74. The average molecular weight is 384 g/mol. The molecule has 0 unspecified atom stereocenters. The molecule has 0 aliphatic heterocycles. The molecule has 0 spiro atoms. The van der Waals surface area contributed by atoms with Crippen molar-refractivity contribution in [2.24, 2.45) is 0 Å². The van der Waals surface area contributed by atoms with E-state index in [9.17, 15) is 9.59 Å². The van der Waals surface area contributed by atoms with E-state index in [0.29, 0.717) is 11.3 Å². The number of rotatable bonds is 7. The van der Waals surface area contributed by atoms with Crippen LogP contribution in [0.2, 0.25) is 0 Å². The summed E-state index contributed by atoms with van der Waals surface area (Å²) in [6.45, 7) is 0. The number of hydrogen-bond donors (Lipinski definition) is 0. The molecule has 0 atom stereocenters. The first kappa shape index (κ1) is 19.8. The van der Waals surface area contributed by atoms with E-state index in [1.807, 2.05) is 54.6 Å². The van der Waals surface area contributed by atoms with E-state index >= 15 is 0 Å². The molecule has 0 radical (unpaired) electrons. The Morgan fingerprint density at radius 2 is 1.28 bits per heavy atom. The number of benzene rings is 3. The van der Waals surface area contributed by atoms with Gasteiger partial charge in [-0.1, -0.05) is 48.5 Å². The van der Waals surface area contributed by atoms with Crippen molar-refractivity contribution in [3.05, 3.63) is 108 Å². The quantitative estimate of drug-likeness (QED) is 0.243. The van der Waals surface area contributed by atoms with Crippen LogP contribution in [0.4, 0.5) is 0 Å². The monoisotopic (exact) mass is 384 g/mol. The van der Waals surface area contributed by atoms with Gasteiger partial charge in [0.25, 0.3) is 0 Å². The second kappa shape index (κ2) is 9.85. The first-order chi connectivity index (χ1) is 14.1. The van der Waals surface area contributed by atoms with E-state index in [4.69, 9.17) is 9.47 Å². The van der Waals surface area contributed by atoms with Crippen LogP contribution in [-0.2, 0) is 4.79 Å². The third kappa shape index (κ3) is 6.04. The molecule has 0 saturated carbocycles. The highest BCUT2D eigenvalue weighted by atomic mass is 16.5. The van der Waals surface area contributed by atoms with Gasteiger partial charge in [0.15, 0.2) is 5.78 Å². The Morgan fingerprint density at radius 1 is 0.690 bits per heavy atom. The number of methoxy groups -OCH3 is 1. The standard InChI is InChI=1S/C25H20O4/c1-28-22-13-7-20(8-14-22)9-17-24(26)21-11-15-23(16-12-21)29-25(27)18-10-19-5-3-2-4-6-19/h2-18H,1H3/b17-9+,18-10+. The van der Waals surface area contributed by atoms with E-state index < -0.39 is 5.97 Å². The third-order valence-electron chi connectivity index (χ3n) is 4.11. The highest BCUT2D eigenvalue weighted by molar-refractivity contribution is 6.06. The number of hydrogen-bond acceptors (Lipinski definition) is 4. The van der Waals surface area contributed by atoms with Gasteiger partial charge in [0.05, 0.1) is 7.11 Å². The molecule has 144 valence electrons. The van der Waals surface area contributed by atoms with Gasteiger partial charge in [0.2, 0.25) is 0 Å². The zero-order valence-electron chi connectivity index (χ0n) is 15.9. The predicted octanol–water partition coefficient (Wildman–Crippen LogP) is 5.21. The zero-order chi connectivity index (χ0) is 20.5. The van der Waals surface area contributed by atoms with Crippen molar-refractivity contribution in [2.45, 2.75) is 0 Å². The summed E-state index contributed by atoms with van der Waals surface area (Å²) >= 11 is 0. The molecule has 0 saturated heterocycles. The van der Waals surface area contributed by atoms with Gasteiger partial charge >= 0.3 is 5.97 Å². The van der Waals surface area contributed by atoms with Crippen LogP contribution >= 0.6 is 0 Å². The van der Waals surface area contributed by atoms with Crippen LogP contribution in [0, 0.1) is 0 Å². The summed E-state index contributed by atoms with van der Waals surface area (Å²) in [5.41, 5.74) is 2.32. The zero-order valence-corrected chi connectivity index (χ0v) is 15.9. The summed E-state index contributed by atoms with van der Waals surface area (Å²) in [4.78, 5) is 24.2. The van der Waals surface area contributed by atoms with E-state index in [1.165, 1.54) is 12.2 Å². The molecule has 0 amide bonds. The van der Waals surface area contributed by atoms with Gasteiger partial charge in [-0.2, -0.15) is 0 Å². The fourth-order valence-electron chi connectivity index (χ4n) is 2.55. The number of carbonyl (C=O) groups is 2. The van der Waals surface area contributed by atoms with Gasteiger partial charge in [-0.05, 0) is 59.7 Å². The molecule has 3 aromatic rings. The lowest BCUT2D eigenvalue weighted by Gasteiger charge is -2.02. The van der Waals surface area contributed by atoms with Crippen molar-refractivity contribution in [3.8, 4) is 11.5 Å². The Bertz CT molecular complexity index is 1010. The molecular weight excluding hydrogens is 364 g/mol. The maximum absolute atomic E-state index is 12.3. The third-order valence-corrected chi connectivity index (χ3v) is 4.11. The lowest BCUT2D eigenvalue weighted by atomic mass is 10.1. The highest BCUT2D eigenvalue weighted by Crippen LogP contribution is 2.15. The summed E-state index contributed by atoms with van der Waals surface area (Å²) in [7, 11) is 1.61. The topological polar surface area (TPSA) is 52.6 Å². The molecule has 29 heavy (non-hydrogen) atoms. The minimum Gasteiger partial charge on any atom is -0.497 e. The number of esters is 1. The second-order valence-corrected chi connectivity index (χ2v) is 6.16. The lowest BCUT2D eigenvalue weighted by Crippen LogP contribution is -2.04. The lowest BCUT2D eigenvalue weighted by molar-refractivity contribution is -0.128. The summed E-state index contributed by atoms with van der Waals surface area (Å²) in [5.74, 6) is 0.524. The molecule has 0 bridgehead atoms. The molecule has 0 aliphatic carbocycles. The summed E-state index contributed by atoms with van der Waals surface area (Å²) in [5, 5.41) is 0. The van der Waals surface area contributed by atoms with Gasteiger partial charge in [-0.25, -0.2) is 4.79 Å². The van der Waals surface area contributed by atoms with Crippen molar-refractivity contribution < 1.29 is 19.1 Å². The molecular formula is C25H20O4. The number of allylic oxidation sites excluding steroid dienone is 1. The fourth-order valence-corrected chi connectivity index (χ4v) is 2.55. The van der Waals surface area contributed by atoms with Gasteiger partial charge in [-0.15, -0.1) is 0 Å². The van der Waals surface area contributed by atoms with E-state index in [0.717, 1.165) is 16.9 Å². The summed E-state index contributed by atoms with van der Waals surface area (Å²) in [6, 6.07) is 23.3. The Labute approximate surface area is 169 Å². The molecule has 3 rings (SSSR count). The van der Waals surface area contributed by atoms with Crippen LogP contribution < -0.4 is 9.47 Å². The normalized spacial score (nSPS) is 10.9. The van der Waals surface area contributed by atoms with Crippen molar-refractivity contribution in [1.29, 1.82) is 0 Å². The van der Waals surface area contributed by atoms with Crippen LogP contribution in [0.3, 0.4) is 0 Å². The van der Waals surface area contributed by atoms with Crippen molar-refractivity contribution in [1.82, 2.24) is 0 Å². The first-order valence-electron chi connectivity index (χ1n) is 9.05. The van der Waals surface area contributed by atoms with Crippen LogP contribution in [-0.4, -0.2) is 18.9 Å². The van der Waals surface area contributed by atoms with E-state index in [1.54, 1.807) is 43.5 Å². The van der Waals surface area contributed by atoms with Gasteiger partial charge in [-0.3, -0.25) is 4.79 Å². The predicted molar refractivity (Wildman–Crippen MR) is 114 cm³/mol. The van der Waals surface area contributed by atoms with Gasteiger partial charge in [0.1, 0.15) is 11.5 Å². The molecule has 0 N–H and O–H groups in total. The van der Waals surface area contributed by atoms with Crippen molar-refractivity contribution >= 4 is 23.9 Å². The maximum Gasteiger partial charge on any atom is 0.336 e. The molecule has 0 heterocycles. The molecule has 4 nitrogen and oxygen atoms in total. The molecule has 0 aromatic heterocycles. The van der Waals surface area contributed by atoms with Crippen LogP contribution in [0.5, 0.6) is 11.5 Å². The van der Waals surface area contributed by atoms with Crippen LogP contribution in [0.1, 0.15) is 21.5 Å². The van der Waals surface area contributed by atoms with Crippen LogP contribution in [0.25, 0.3) is 12.2 Å². The Morgan fingerprint density at radius 3 is 1.93 bits per heavy atom. The minimum atomic E-state index is -0.479. The average Bonchev–Trinajstić information content (AvgIpc) is 2.77. The maximum atomic E-state index is 12.3. The Hall–Kier alpha value is -3.92. The number of carbonyl (C=O) groups excluding carboxylic acids is 2. The van der Waals surface area contributed by atoms with E-state index in [-0.39, 0.29) is 5.78 Å². The summed E-state index contributed by atoms with van der Waals surface area (Å²) in [6.07, 6.45) is 6.30. The van der Waals surface area contributed by atoms with Crippen molar-refractivity contribution in [3.63, 3.8) is 0 Å². The SMILES string of the molecule is COc1ccc(/C=C/C(=O)c2ccc(OC(=O)/C=C/c3ccccc3)cc2)cc1. The smallest absolute Gasteiger partial charge is 0.336 e. The molecule has 4 heteroatoms. The van der Waals surface area contributed by atoms with Crippen LogP contribution in [0.15, 0.2) is 91.0 Å². The van der Waals surface area contributed by atoms with Gasteiger partial charge in [0, 0.05) is 11.6 Å². The minimum absolute atomic E-state index is 0.136. The first-order valence-corrected chi connectivity index (χ1v) is 9.05. The highest BCUT2D eigenvalue weighted by Gasteiger charge is 2.05. The largest absolute Gasteiger partial charge is 0.497 e. The molecule has 3 aromatic carbocycles. The Balaban J connectivity index is 1.57.